The summed E-state index contributed by atoms with van der Waals surface area (Å²) in [5, 5.41) is 3.48. The molecule has 0 radical (unpaired) electrons. The summed E-state index contributed by atoms with van der Waals surface area (Å²) in [5.74, 6) is 0.656. The van der Waals surface area contributed by atoms with E-state index in [1.807, 2.05) is 12.1 Å². The number of nitrogens with zero attached hydrogens (tertiary/aromatic N) is 1. The Balaban J connectivity index is 1.59. The first kappa shape index (κ1) is 17.8. The van der Waals surface area contributed by atoms with Crippen molar-refractivity contribution in [2.45, 2.75) is 19.4 Å². The molecule has 132 valence electrons. The average Bonchev–Trinajstić information content (AvgIpc) is 2.63. The average molecular weight is 359 g/mol. The van der Waals surface area contributed by atoms with Crippen LogP contribution in [0, 0.1) is 5.92 Å². The Bertz CT molecular complexity index is 721. The van der Waals surface area contributed by atoms with Crippen LogP contribution in [-0.2, 0) is 11.3 Å². The molecule has 4 nitrogen and oxygen atoms in total. The number of piperidine rings is 1. The van der Waals surface area contributed by atoms with Gasteiger partial charge in [-0.15, -0.1) is 0 Å². The quantitative estimate of drug-likeness (QED) is 0.870. The second-order valence-corrected chi connectivity index (χ2v) is 6.81. The second-order valence-electron chi connectivity index (χ2n) is 6.40. The number of hydrogen-bond donors (Lipinski definition) is 1. The van der Waals surface area contributed by atoms with E-state index in [2.05, 4.69) is 34.5 Å². The monoisotopic (exact) mass is 358 g/mol. The zero-order chi connectivity index (χ0) is 17.6. The zero-order valence-corrected chi connectivity index (χ0v) is 15.1. The van der Waals surface area contributed by atoms with E-state index in [0.29, 0.717) is 16.5 Å². The van der Waals surface area contributed by atoms with Gasteiger partial charge in [0.2, 0.25) is 5.91 Å². The van der Waals surface area contributed by atoms with Gasteiger partial charge in [0.05, 0.1) is 18.1 Å². The molecule has 0 bridgehead atoms. The Morgan fingerprint density at radius 2 is 2.08 bits per heavy atom. The summed E-state index contributed by atoms with van der Waals surface area (Å²) in [5.41, 5.74) is 1.99. The number of halogens is 1. The van der Waals surface area contributed by atoms with Gasteiger partial charge in [-0.3, -0.25) is 9.69 Å². The molecular formula is C20H23ClN2O2. The molecule has 5 heteroatoms. The van der Waals surface area contributed by atoms with Crippen LogP contribution in [-0.4, -0.2) is 31.0 Å². The summed E-state index contributed by atoms with van der Waals surface area (Å²) in [6.07, 6.45) is 1.95. The highest BCUT2D eigenvalue weighted by Crippen LogP contribution is 2.28. The molecule has 1 N–H and O–H groups in total. The number of nitrogens with one attached hydrogen (secondary N) is 1. The molecule has 3 rings (SSSR count). The van der Waals surface area contributed by atoms with Crippen LogP contribution in [0.15, 0.2) is 48.5 Å². The van der Waals surface area contributed by atoms with E-state index in [-0.39, 0.29) is 11.8 Å². The van der Waals surface area contributed by atoms with Crippen molar-refractivity contribution in [2.24, 2.45) is 5.92 Å². The molecule has 1 aliphatic rings. The fourth-order valence-corrected chi connectivity index (χ4v) is 3.50. The predicted octanol–water partition coefficient (Wildman–Crippen LogP) is 4.20. The molecule has 1 aliphatic heterocycles. The number of benzene rings is 2. The van der Waals surface area contributed by atoms with E-state index in [0.717, 1.165) is 32.5 Å². The van der Waals surface area contributed by atoms with Gasteiger partial charge in [0, 0.05) is 18.8 Å². The van der Waals surface area contributed by atoms with Gasteiger partial charge in [-0.2, -0.15) is 0 Å². The lowest BCUT2D eigenvalue weighted by molar-refractivity contribution is -0.121. The van der Waals surface area contributed by atoms with Crippen molar-refractivity contribution < 1.29 is 9.53 Å². The van der Waals surface area contributed by atoms with Crippen LogP contribution in [0.3, 0.4) is 0 Å². The van der Waals surface area contributed by atoms with E-state index in [9.17, 15) is 4.79 Å². The van der Waals surface area contributed by atoms with Crippen LogP contribution in [0.25, 0.3) is 0 Å². The minimum Gasteiger partial charge on any atom is -0.495 e. The first-order valence-electron chi connectivity index (χ1n) is 8.56. The minimum absolute atomic E-state index is 0.00154. The fourth-order valence-electron chi connectivity index (χ4n) is 3.24. The molecule has 2 aromatic rings. The summed E-state index contributed by atoms with van der Waals surface area (Å²) in [6, 6.07) is 15.7. The van der Waals surface area contributed by atoms with Crippen LogP contribution < -0.4 is 10.1 Å². The van der Waals surface area contributed by atoms with Crippen molar-refractivity contribution in [3.63, 3.8) is 0 Å². The van der Waals surface area contributed by atoms with Crippen LogP contribution >= 0.6 is 11.6 Å². The first-order chi connectivity index (χ1) is 12.2. The van der Waals surface area contributed by atoms with Crippen LogP contribution in [0.1, 0.15) is 18.4 Å². The van der Waals surface area contributed by atoms with E-state index < -0.39 is 0 Å². The largest absolute Gasteiger partial charge is 0.495 e. The molecule has 1 atom stereocenters. The van der Waals surface area contributed by atoms with Gasteiger partial charge < -0.3 is 10.1 Å². The lowest BCUT2D eigenvalue weighted by Crippen LogP contribution is -2.40. The Labute approximate surface area is 153 Å². The smallest absolute Gasteiger partial charge is 0.228 e. The molecule has 1 saturated heterocycles. The molecule has 1 unspecified atom stereocenters. The molecule has 1 fully saturated rings. The highest BCUT2D eigenvalue weighted by Gasteiger charge is 2.26. The summed E-state index contributed by atoms with van der Waals surface area (Å²) in [7, 11) is 1.57. The van der Waals surface area contributed by atoms with Crippen molar-refractivity contribution in [3.05, 3.63) is 59.1 Å². The highest BCUT2D eigenvalue weighted by atomic mass is 35.5. The maximum absolute atomic E-state index is 12.6. The molecular weight excluding hydrogens is 336 g/mol. The normalized spacial score (nSPS) is 17.9. The molecule has 0 spiro atoms. The maximum Gasteiger partial charge on any atom is 0.228 e. The number of likely N-dealkylation sites (tertiary alicyclic amines) is 1. The third-order valence-corrected chi connectivity index (χ3v) is 4.84. The number of ether oxygens (including phenoxy) is 1. The van der Waals surface area contributed by atoms with Gasteiger partial charge in [-0.25, -0.2) is 0 Å². The van der Waals surface area contributed by atoms with E-state index in [1.165, 1.54) is 5.56 Å². The Kier molecular flexibility index (Phi) is 5.95. The molecule has 2 aromatic carbocycles. The Hall–Kier alpha value is -2.04. The predicted molar refractivity (Wildman–Crippen MR) is 101 cm³/mol. The van der Waals surface area contributed by atoms with Gasteiger partial charge in [-0.1, -0.05) is 41.9 Å². The number of anilines is 1. The molecule has 25 heavy (non-hydrogen) atoms. The molecule has 1 heterocycles. The van der Waals surface area contributed by atoms with Crippen molar-refractivity contribution in [2.75, 3.05) is 25.5 Å². The van der Waals surface area contributed by atoms with Gasteiger partial charge in [0.25, 0.3) is 0 Å². The number of rotatable bonds is 5. The van der Waals surface area contributed by atoms with Gasteiger partial charge in [0.15, 0.2) is 0 Å². The number of hydrogen-bond acceptors (Lipinski definition) is 3. The van der Waals surface area contributed by atoms with E-state index >= 15 is 0 Å². The van der Waals surface area contributed by atoms with E-state index in [4.69, 9.17) is 16.3 Å². The number of carbonyl (C=O) groups is 1. The van der Waals surface area contributed by atoms with Crippen molar-refractivity contribution in [1.29, 1.82) is 0 Å². The van der Waals surface area contributed by atoms with Gasteiger partial charge in [-0.05, 0) is 43.1 Å². The number of carbonyl (C=O) groups excluding carboxylic acids is 1. The lowest BCUT2D eigenvalue weighted by atomic mass is 9.96. The summed E-state index contributed by atoms with van der Waals surface area (Å²) in [4.78, 5) is 15.0. The van der Waals surface area contributed by atoms with Crippen LogP contribution in [0.5, 0.6) is 5.75 Å². The maximum atomic E-state index is 12.6. The summed E-state index contributed by atoms with van der Waals surface area (Å²) < 4.78 is 5.14. The van der Waals surface area contributed by atoms with Crippen molar-refractivity contribution in [3.8, 4) is 5.75 Å². The summed E-state index contributed by atoms with van der Waals surface area (Å²) in [6.45, 7) is 2.70. The number of amides is 1. The Morgan fingerprint density at radius 3 is 2.80 bits per heavy atom. The lowest BCUT2D eigenvalue weighted by Gasteiger charge is -2.32. The van der Waals surface area contributed by atoms with Crippen molar-refractivity contribution >= 4 is 23.2 Å². The van der Waals surface area contributed by atoms with Crippen LogP contribution in [0.2, 0.25) is 5.02 Å². The summed E-state index contributed by atoms with van der Waals surface area (Å²) >= 11 is 6.13. The second kappa shape index (κ2) is 8.37. The molecule has 0 aromatic heterocycles. The fraction of sp³-hybridized carbons (Fsp3) is 0.350. The zero-order valence-electron chi connectivity index (χ0n) is 14.4. The van der Waals surface area contributed by atoms with E-state index in [1.54, 1.807) is 19.2 Å². The topological polar surface area (TPSA) is 41.6 Å². The highest BCUT2D eigenvalue weighted by molar-refractivity contribution is 6.32. The van der Waals surface area contributed by atoms with Gasteiger partial charge >= 0.3 is 0 Å². The van der Waals surface area contributed by atoms with Crippen molar-refractivity contribution in [1.82, 2.24) is 4.90 Å². The standard InChI is InChI=1S/C20H23ClN2O2/c1-25-19-10-9-17(12-18(19)21)22-20(24)16-8-5-11-23(14-16)13-15-6-3-2-4-7-15/h2-4,6-7,9-10,12,16H,5,8,11,13-14H2,1H3,(H,22,24). The molecule has 0 saturated carbocycles. The Morgan fingerprint density at radius 1 is 1.28 bits per heavy atom. The third-order valence-electron chi connectivity index (χ3n) is 4.54. The molecule has 1 amide bonds. The SMILES string of the molecule is COc1ccc(NC(=O)C2CCCN(Cc3ccccc3)C2)cc1Cl. The van der Waals surface area contributed by atoms with Gasteiger partial charge in [0.1, 0.15) is 5.75 Å². The third kappa shape index (κ3) is 4.74. The van der Waals surface area contributed by atoms with Crippen LogP contribution in [0.4, 0.5) is 5.69 Å². The molecule has 0 aliphatic carbocycles. The first-order valence-corrected chi connectivity index (χ1v) is 8.94. The minimum atomic E-state index is -0.00154. The number of methoxy groups -OCH3 is 1.